The summed E-state index contributed by atoms with van der Waals surface area (Å²) in [6.07, 6.45) is 0. The Morgan fingerprint density at radius 3 is 2.83 bits per heavy atom. The van der Waals surface area contributed by atoms with Gasteiger partial charge in [0.15, 0.2) is 0 Å². The van der Waals surface area contributed by atoms with E-state index in [2.05, 4.69) is 20.0 Å². The third kappa shape index (κ3) is 3.29. The smallest absolute Gasteiger partial charge is 0.324 e. The molecule has 0 spiro atoms. The highest BCUT2D eigenvalue weighted by molar-refractivity contribution is 7.09. The summed E-state index contributed by atoms with van der Waals surface area (Å²) in [5.74, 6) is -0.131. The molecule has 3 amide bonds. The molecule has 7 nitrogen and oxygen atoms in total. The van der Waals surface area contributed by atoms with Crippen LogP contribution in [0.2, 0.25) is 0 Å². The van der Waals surface area contributed by atoms with Gasteiger partial charge in [0.25, 0.3) is 0 Å². The number of benzene rings is 1. The second kappa shape index (κ2) is 6.29. The first-order valence-corrected chi connectivity index (χ1v) is 7.73. The minimum Gasteiger partial charge on any atom is -0.352 e. The maximum atomic E-state index is 13.1. The van der Waals surface area contributed by atoms with E-state index in [0.717, 1.165) is 11.5 Å². The van der Waals surface area contributed by atoms with E-state index in [4.69, 9.17) is 0 Å². The summed E-state index contributed by atoms with van der Waals surface area (Å²) in [6.45, 7) is 2.43. The Morgan fingerprint density at radius 1 is 1.43 bits per heavy atom. The number of urea groups is 1. The first-order chi connectivity index (χ1) is 11.0. The van der Waals surface area contributed by atoms with Gasteiger partial charge in [0.2, 0.25) is 11.0 Å². The van der Waals surface area contributed by atoms with Crippen LogP contribution in [0.3, 0.4) is 0 Å². The Balaban J connectivity index is 1.83. The van der Waals surface area contributed by atoms with Crippen LogP contribution in [-0.2, 0) is 4.79 Å². The normalized spacial score (nSPS) is 17.7. The summed E-state index contributed by atoms with van der Waals surface area (Å²) in [4.78, 5) is 30.1. The van der Waals surface area contributed by atoms with Crippen molar-refractivity contribution in [1.29, 1.82) is 0 Å². The number of aryl methyl sites for hydroxylation is 1. The molecule has 120 valence electrons. The lowest BCUT2D eigenvalue weighted by Gasteiger charge is -2.34. The van der Waals surface area contributed by atoms with Gasteiger partial charge in [-0.05, 0) is 24.6 Å². The van der Waals surface area contributed by atoms with E-state index in [1.165, 1.54) is 29.2 Å². The molecule has 0 radical (unpaired) electrons. The zero-order chi connectivity index (χ0) is 16.4. The summed E-state index contributed by atoms with van der Waals surface area (Å²) < 4.78 is 17.1. The van der Waals surface area contributed by atoms with E-state index in [1.807, 2.05) is 0 Å². The molecule has 1 aliphatic heterocycles. The van der Waals surface area contributed by atoms with Crippen LogP contribution >= 0.6 is 11.5 Å². The van der Waals surface area contributed by atoms with Crippen molar-refractivity contribution in [2.24, 2.45) is 0 Å². The van der Waals surface area contributed by atoms with Crippen LogP contribution < -0.4 is 10.6 Å². The number of anilines is 1. The molecule has 0 unspecified atom stereocenters. The van der Waals surface area contributed by atoms with Crippen molar-refractivity contribution in [3.8, 4) is 0 Å². The molecule has 2 heterocycles. The second-order valence-corrected chi connectivity index (χ2v) is 5.77. The second-order valence-electron chi connectivity index (χ2n) is 5.02. The van der Waals surface area contributed by atoms with Crippen molar-refractivity contribution >= 4 is 28.6 Å². The molecule has 9 heteroatoms. The number of hydrogen-bond donors (Lipinski definition) is 2. The Morgan fingerprint density at radius 2 is 2.17 bits per heavy atom. The molecular formula is C14H14FN5O2S. The van der Waals surface area contributed by atoms with Crippen LogP contribution in [0.1, 0.15) is 17.4 Å². The molecule has 1 fully saturated rings. The van der Waals surface area contributed by atoms with Gasteiger partial charge in [-0.1, -0.05) is 12.1 Å². The lowest BCUT2D eigenvalue weighted by Crippen LogP contribution is -2.53. The molecule has 0 saturated carbocycles. The fourth-order valence-corrected chi connectivity index (χ4v) is 2.94. The molecule has 1 aromatic heterocycles. The number of aromatic nitrogens is 2. The van der Waals surface area contributed by atoms with Gasteiger partial charge < -0.3 is 10.2 Å². The fraction of sp³-hybridized carbons (Fsp3) is 0.286. The Kier molecular flexibility index (Phi) is 4.20. The van der Waals surface area contributed by atoms with Crippen molar-refractivity contribution in [2.45, 2.75) is 13.0 Å². The van der Waals surface area contributed by atoms with Gasteiger partial charge in [0.05, 0.1) is 0 Å². The topological polar surface area (TPSA) is 87.2 Å². The molecule has 2 N–H and O–H groups in total. The molecule has 0 aliphatic carbocycles. The molecule has 1 saturated heterocycles. The molecule has 0 bridgehead atoms. The van der Waals surface area contributed by atoms with Crippen molar-refractivity contribution in [2.75, 3.05) is 18.4 Å². The molecule has 1 aromatic carbocycles. The lowest BCUT2D eigenvalue weighted by atomic mass is 10.0. The third-order valence-corrected chi connectivity index (χ3v) is 4.12. The summed E-state index contributed by atoms with van der Waals surface area (Å²) in [6, 6.07) is 4.28. The van der Waals surface area contributed by atoms with Crippen molar-refractivity contribution in [3.05, 3.63) is 41.5 Å². The summed E-state index contributed by atoms with van der Waals surface area (Å²) in [7, 11) is 0. The third-order valence-electron chi connectivity index (χ3n) is 3.40. The van der Waals surface area contributed by atoms with E-state index in [0.29, 0.717) is 29.6 Å². The van der Waals surface area contributed by atoms with Crippen LogP contribution in [-0.4, -0.2) is 39.3 Å². The minimum absolute atomic E-state index is 0.300. The van der Waals surface area contributed by atoms with Crippen LogP contribution in [0.25, 0.3) is 0 Å². The molecule has 3 rings (SSSR count). The zero-order valence-electron chi connectivity index (χ0n) is 12.2. The Hall–Kier alpha value is -2.55. The predicted molar refractivity (Wildman–Crippen MR) is 82.5 cm³/mol. The van der Waals surface area contributed by atoms with Gasteiger partial charge in [-0.3, -0.25) is 10.1 Å². The Bertz CT molecular complexity index is 733. The first-order valence-electron chi connectivity index (χ1n) is 6.96. The number of piperazine rings is 1. The average molecular weight is 335 g/mol. The number of hydrogen-bond acceptors (Lipinski definition) is 5. The number of rotatable bonds is 2. The monoisotopic (exact) mass is 335 g/mol. The van der Waals surface area contributed by atoms with Gasteiger partial charge in [-0.15, -0.1) is 0 Å². The zero-order valence-corrected chi connectivity index (χ0v) is 13.1. The predicted octanol–water partition coefficient (Wildman–Crippen LogP) is 1.69. The van der Waals surface area contributed by atoms with E-state index < -0.39 is 17.9 Å². The number of nitrogens with zero attached hydrogens (tertiary/aromatic N) is 3. The number of halogens is 1. The largest absolute Gasteiger partial charge is 0.352 e. The quantitative estimate of drug-likeness (QED) is 0.874. The van der Waals surface area contributed by atoms with Crippen molar-refractivity contribution in [1.82, 2.24) is 19.6 Å². The van der Waals surface area contributed by atoms with E-state index in [9.17, 15) is 14.0 Å². The standard InChI is InChI=1S/C14H14FN5O2S/c1-8-17-13(23-19-8)18-14(22)20-7-6-16-12(21)11(20)9-2-4-10(15)5-3-9/h2-5,11H,6-7H2,1H3,(H,16,21)(H,17,18,19,22)/t11-/m0/s1. The molecule has 2 aromatic rings. The average Bonchev–Trinajstić information content (AvgIpc) is 2.93. The maximum Gasteiger partial charge on any atom is 0.324 e. The first kappa shape index (κ1) is 15.3. The SMILES string of the molecule is Cc1nsc(NC(=O)N2CCNC(=O)[C@@H]2c2ccc(F)cc2)n1. The van der Waals surface area contributed by atoms with Crippen LogP contribution in [0.15, 0.2) is 24.3 Å². The summed E-state index contributed by atoms with van der Waals surface area (Å²) >= 11 is 1.07. The van der Waals surface area contributed by atoms with Gasteiger partial charge >= 0.3 is 6.03 Å². The van der Waals surface area contributed by atoms with Crippen LogP contribution in [0.4, 0.5) is 14.3 Å². The van der Waals surface area contributed by atoms with Gasteiger partial charge in [0, 0.05) is 24.6 Å². The molecular weight excluding hydrogens is 321 g/mol. The number of carbonyl (C=O) groups excluding carboxylic acids is 2. The Labute approximate surface area is 135 Å². The lowest BCUT2D eigenvalue weighted by molar-refractivity contribution is -0.127. The fourth-order valence-electron chi connectivity index (χ4n) is 2.37. The molecule has 1 atom stereocenters. The highest BCUT2D eigenvalue weighted by Crippen LogP contribution is 2.24. The number of amides is 3. The molecule has 23 heavy (non-hydrogen) atoms. The molecule has 1 aliphatic rings. The number of nitrogens with one attached hydrogen (secondary N) is 2. The van der Waals surface area contributed by atoms with Crippen molar-refractivity contribution in [3.63, 3.8) is 0 Å². The van der Waals surface area contributed by atoms with E-state index in [1.54, 1.807) is 6.92 Å². The van der Waals surface area contributed by atoms with Gasteiger partial charge in [-0.2, -0.15) is 4.37 Å². The van der Waals surface area contributed by atoms with Gasteiger partial charge in [-0.25, -0.2) is 14.2 Å². The van der Waals surface area contributed by atoms with E-state index >= 15 is 0 Å². The highest BCUT2D eigenvalue weighted by atomic mass is 32.1. The summed E-state index contributed by atoms with van der Waals surface area (Å²) in [5, 5.41) is 5.73. The summed E-state index contributed by atoms with van der Waals surface area (Å²) in [5.41, 5.74) is 0.548. The number of carbonyl (C=O) groups is 2. The van der Waals surface area contributed by atoms with Crippen molar-refractivity contribution < 1.29 is 14.0 Å². The van der Waals surface area contributed by atoms with Crippen LogP contribution in [0, 0.1) is 12.7 Å². The van der Waals surface area contributed by atoms with E-state index in [-0.39, 0.29) is 5.91 Å². The maximum absolute atomic E-state index is 13.1. The van der Waals surface area contributed by atoms with Crippen LogP contribution in [0.5, 0.6) is 0 Å². The van der Waals surface area contributed by atoms with Gasteiger partial charge in [0.1, 0.15) is 17.7 Å². The minimum atomic E-state index is -0.807. The highest BCUT2D eigenvalue weighted by Gasteiger charge is 2.34.